The van der Waals surface area contributed by atoms with Crippen LogP contribution < -0.4 is 0 Å². The van der Waals surface area contributed by atoms with Crippen LogP contribution in [-0.2, 0) is 33.3 Å². The van der Waals surface area contributed by atoms with Crippen LogP contribution in [0, 0.1) is 5.92 Å². The van der Waals surface area contributed by atoms with E-state index in [0.29, 0.717) is 6.42 Å². The number of carbonyl (C=O) groups is 3. The Labute approximate surface area is 123 Å². The summed E-state index contributed by atoms with van der Waals surface area (Å²) in [7, 11) is 0. The Bertz CT molecular complexity index is 393. The Kier molecular flexibility index (Phi) is 6.61. The van der Waals surface area contributed by atoms with Gasteiger partial charge < -0.3 is 18.9 Å². The first-order valence-corrected chi connectivity index (χ1v) is 6.94. The maximum Gasteiger partial charge on any atom is 0.303 e. The lowest BCUT2D eigenvalue weighted by Crippen LogP contribution is -2.36. The molecule has 0 spiro atoms. The number of hydrogen-bond donors (Lipinski definition) is 0. The Morgan fingerprint density at radius 2 is 1.48 bits per heavy atom. The molecule has 1 aliphatic heterocycles. The zero-order valence-corrected chi connectivity index (χ0v) is 12.8. The molecule has 1 saturated heterocycles. The molecule has 1 fully saturated rings. The number of ether oxygens (including phenoxy) is 4. The number of esters is 3. The van der Waals surface area contributed by atoms with Crippen LogP contribution >= 0.6 is 0 Å². The topological polar surface area (TPSA) is 88.1 Å². The molecule has 1 heterocycles. The van der Waals surface area contributed by atoms with E-state index in [1.165, 1.54) is 20.8 Å². The van der Waals surface area contributed by atoms with E-state index in [1.54, 1.807) is 0 Å². The minimum Gasteiger partial charge on any atom is -0.465 e. The van der Waals surface area contributed by atoms with E-state index in [2.05, 4.69) is 0 Å². The van der Waals surface area contributed by atoms with Crippen LogP contribution in [0.3, 0.4) is 0 Å². The van der Waals surface area contributed by atoms with Gasteiger partial charge >= 0.3 is 17.9 Å². The summed E-state index contributed by atoms with van der Waals surface area (Å²) >= 11 is 0. The summed E-state index contributed by atoms with van der Waals surface area (Å²) in [5, 5.41) is 0. The van der Waals surface area contributed by atoms with Crippen molar-refractivity contribution >= 4 is 17.9 Å². The zero-order chi connectivity index (χ0) is 16.0. The second kappa shape index (κ2) is 7.97. The molecule has 4 atom stereocenters. The molecular weight excluding hydrogens is 280 g/mol. The lowest BCUT2D eigenvalue weighted by Gasteiger charge is -2.23. The highest BCUT2D eigenvalue weighted by atomic mass is 16.6. The third kappa shape index (κ3) is 5.34. The first kappa shape index (κ1) is 17.4. The summed E-state index contributed by atoms with van der Waals surface area (Å²) in [6.45, 7) is 5.91. The van der Waals surface area contributed by atoms with E-state index < -0.39 is 30.1 Å². The molecule has 0 aromatic carbocycles. The van der Waals surface area contributed by atoms with Crippen molar-refractivity contribution in [2.24, 2.45) is 5.92 Å². The van der Waals surface area contributed by atoms with Gasteiger partial charge in [0.1, 0.15) is 25.4 Å². The van der Waals surface area contributed by atoms with E-state index in [9.17, 15) is 14.4 Å². The highest BCUT2D eigenvalue weighted by Crippen LogP contribution is 2.32. The van der Waals surface area contributed by atoms with Gasteiger partial charge in [-0.25, -0.2) is 0 Å². The predicted molar refractivity (Wildman–Crippen MR) is 71.3 cm³/mol. The van der Waals surface area contributed by atoms with E-state index in [4.69, 9.17) is 18.9 Å². The molecule has 0 aromatic heterocycles. The van der Waals surface area contributed by atoms with Crippen molar-refractivity contribution in [2.75, 3.05) is 13.2 Å². The summed E-state index contributed by atoms with van der Waals surface area (Å²) in [6, 6.07) is 0. The Morgan fingerprint density at radius 3 is 1.95 bits per heavy atom. The van der Waals surface area contributed by atoms with Crippen LogP contribution in [-0.4, -0.2) is 49.4 Å². The zero-order valence-electron chi connectivity index (χ0n) is 12.8. The van der Waals surface area contributed by atoms with E-state index in [0.717, 1.165) is 0 Å². The van der Waals surface area contributed by atoms with Gasteiger partial charge in [0.25, 0.3) is 0 Å². The van der Waals surface area contributed by atoms with E-state index in [-0.39, 0.29) is 25.2 Å². The van der Waals surface area contributed by atoms with Gasteiger partial charge in [0.15, 0.2) is 0 Å². The molecule has 0 aliphatic carbocycles. The number of rotatable bonds is 6. The normalized spacial score (nSPS) is 28.0. The maximum absolute atomic E-state index is 11.2. The lowest BCUT2D eigenvalue weighted by atomic mass is 9.96. The van der Waals surface area contributed by atoms with Crippen molar-refractivity contribution in [3.63, 3.8) is 0 Å². The highest BCUT2D eigenvalue weighted by Gasteiger charge is 2.46. The Hall–Kier alpha value is -1.63. The molecule has 0 bridgehead atoms. The molecule has 7 nitrogen and oxygen atoms in total. The molecule has 1 aliphatic rings. The second-order valence-corrected chi connectivity index (χ2v) is 4.96. The molecular formula is C14H22O7. The third-order valence-electron chi connectivity index (χ3n) is 3.25. The summed E-state index contributed by atoms with van der Waals surface area (Å²) < 4.78 is 21.1. The molecule has 0 saturated carbocycles. The van der Waals surface area contributed by atoms with Crippen molar-refractivity contribution < 1.29 is 33.3 Å². The van der Waals surface area contributed by atoms with Gasteiger partial charge in [-0.05, 0) is 6.42 Å². The van der Waals surface area contributed by atoms with Crippen LogP contribution in [0.2, 0.25) is 0 Å². The summed E-state index contributed by atoms with van der Waals surface area (Å²) in [5.41, 5.74) is 0. The van der Waals surface area contributed by atoms with Crippen LogP contribution in [0.25, 0.3) is 0 Å². The van der Waals surface area contributed by atoms with Gasteiger partial charge in [0.2, 0.25) is 0 Å². The van der Waals surface area contributed by atoms with Gasteiger partial charge in [-0.3, -0.25) is 14.4 Å². The summed E-state index contributed by atoms with van der Waals surface area (Å²) in [4.78, 5) is 33.2. The average Bonchev–Trinajstić information content (AvgIpc) is 2.70. The fourth-order valence-corrected chi connectivity index (χ4v) is 2.35. The van der Waals surface area contributed by atoms with Crippen LogP contribution in [0.15, 0.2) is 0 Å². The Morgan fingerprint density at radius 1 is 0.905 bits per heavy atom. The van der Waals surface area contributed by atoms with Gasteiger partial charge in [0, 0.05) is 20.8 Å². The number of hydrogen-bond acceptors (Lipinski definition) is 7. The SMILES string of the molecule is CC[C@@H]1O[C@H](COC(C)=O)[C@@H](COC(C)=O)[C@H]1OC(C)=O. The van der Waals surface area contributed by atoms with Gasteiger partial charge in [0.05, 0.1) is 12.0 Å². The monoisotopic (exact) mass is 302 g/mol. The average molecular weight is 302 g/mol. The van der Waals surface area contributed by atoms with Gasteiger partial charge in [-0.2, -0.15) is 0 Å². The predicted octanol–water partition coefficient (Wildman–Crippen LogP) is 0.838. The molecule has 7 heteroatoms. The maximum atomic E-state index is 11.2. The van der Waals surface area contributed by atoms with Crippen molar-refractivity contribution in [2.45, 2.75) is 52.4 Å². The van der Waals surface area contributed by atoms with Crippen molar-refractivity contribution in [3.05, 3.63) is 0 Å². The summed E-state index contributed by atoms with van der Waals surface area (Å²) in [5.74, 6) is -1.64. The minimum atomic E-state index is -0.521. The minimum absolute atomic E-state index is 0.0372. The van der Waals surface area contributed by atoms with E-state index in [1.807, 2.05) is 6.92 Å². The molecule has 21 heavy (non-hydrogen) atoms. The van der Waals surface area contributed by atoms with E-state index >= 15 is 0 Å². The lowest BCUT2D eigenvalue weighted by molar-refractivity contribution is -0.153. The van der Waals surface area contributed by atoms with Crippen LogP contribution in [0.5, 0.6) is 0 Å². The molecule has 0 amide bonds. The fraction of sp³-hybridized carbons (Fsp3) is 0.786. The van der Waals surface area contributed by atoms with Crippen LogP contribution in [0.4, 0.5) is 0 Å². The standard InChI is InChI=1S/C14H22O7/c1-5-12-14(20-10(4)17)11(6-18-8(2)15)13(21-12)7-19-9(3)16/h11-14H,5-7H2,1-4H3/t11-,12+,13-,14-/m1/s1. The largest absolute Gasteiger partial charge is 0.465 e. The van der Waals surface area contributed by atoms with Gasteiger partial charge in [-0.15, -0.1) is 0 Å². The Balaban J connectivity index is 2.81. The number of carbonyl (C=O) groups excluding carboxylic acids is 3. The quantitative estimate of drug-likeness (QED) is 0.530. The summed E-state index contributed by atoms with van der Waals surface area (Å²) in [6.07, 6.45) is -0.671. The molecule has 0 N–H and O–H groups in total. The van der Waals surface area contributed by atoms with Crippen molar-refractivity contribution in [1.82, 2.24) is 0 Å². The van der Waals surface area contributed by atoms with Gasteiger partial charge in [-0.1, -0.05) is 6.92 Å². The van der Waals surface area contributed by atoms with Crippen molar-refractivity contribution in [1.29, 1.82) is 0 Å². The first-order chi connectivity index (χ1) is 9.85. The highest BCUT2D eigenvalue weighted by molar-refractivity contribution is 5.67. The molecule has 1 rings (SSSR count). The van der Waals surface area contributed by atoms with Crippen LogP contribution in [0.1, 0.15) is 34.1 Å². The molecule has 0 radical (unpaired) electrons. The molecule has 0 aromatic rings. The van der Waals surface area contributed by atoms with Crippen molar-refractivity contribution in [3.8, 4) is 0 Å². The molecule has 0 unspecified atom stereocenters. The molecule has 120 valence electrons. The second-order valence-electron chi connectivity index (χ2n) is 4.96. The fourth-order valence-electron chi connectivity index (χ4n) is 2.35. The smallest absolute Gasteiger partial charge is 0.303 e. The first-order valence-electron chi connectivity index (χ1n) is 6.94. The third-order valence-corrected chi connectivity index (χ3v) is 3.25.